The first kappa shape index (κ1) is 14.7. The first-order valence-corrected chi connectivity index (χ1v) is 6.55. The minimum absolute atomic E-state index is 0.0177. The van der Waals surface area contributed by atoms with Crippen LogP contribution in [0.15, 0.2) is 12.5 Å². The van der Waals surface area contributed by atoms with Crippen LogP contribution in [0.5, 0.6) is 0 Å². The van der Waals surface area contributed by atoms with Gasteiger partial charge in [-0.15, -0.1) is 6.42 Å². The van der Waals surface area contributed by atoms with Crippen molar-refractivity contribution in [3.8, 4) is 12.3 Å². The Balaban J connectivity index is 2.13. The van der Waals surface area contributed by atoms with E-state index >= 15 is 0 Å². The highest BCUT2D eigenvalue weighted by Crippen LogP contribution is 2.40. The van der Waals surface area contributed by atoms with Crippen molar-refractivity contribution in [2.45, 2.75) is 37.1 Å². The van der Waals surface area contributed by atoms with Crippen LogP contribution >= 0.6 is 0 Å². The average molecular weight is 305 g/mol. The second-order valence-electron chi connectivity index (χ2n) is 5.20. The highest BCUT2D eigenvalue weighted by Gasteiger charge is 2.57. The molecule has 3 rings (SSSR count). The molecule has 0 aromatic carbocycles. The Kier molecular flexibility index (Phi) is 3.26. The number of aliphatic hydroxyl groups is 3. The summed E-state index contributed by atoms with van der Waals surface area (Å²) in [6, 6.07) is 0. The van der Waals surface area contributed by atoms with E-state index in [4.69, 9.17) is 16.9 Å². The van der Waals surface area contributed by atoms with Crippen LogP contribution in [0.1, 0.15) is 13.2 Å². The van der Waals surface area contributed by atoms with Crippen molar-refractivity contribution in [2.75, 3.05) is 5.73 Å². The monoisotopic (exact) mass is 305 g/mol. The van der Waals surface area contributed by atoms with Crippen molar-refractivity contribution < 1.29 is 20.1 Å². The fraction of sp³-hybridized carbons (Fsp3) is 0.462. The summed E-state index contributed by atoms with van der Waals surface area (Å²) in [7, 11) is 0. The average Bonchev–Trinajstić information content (AvgIpc) is 2.99. The van der Waals surface area contributed by atoms with Gasteiger partial charge in [0.25, 0.3) is 0 Å². The lowest BCUT2D eigenvalue weighted by molar-refractivity contribution is -0.0846. The smallest absolute Gasteiger partial charge is 0.222 e. The first-order chi connectivity index (χ1) is 10.4. The van der Waals surface area contributed by atoms with Crippen LogP contribution in [-0.4, -0.2) is 58.8 Å². The zero-order valence-corrected chi connectivity index (χ0v) is 11.7. The van der Waals surface area contributed by atoms with E-state index in [-0.39, 0.29) is 5.95 Å². The second kappa shape index (κ2) is 4.89. The van der Waals surface area contributed by atoms with Gasteiger partial charge in [0.15, 0.2) is 17.5 Å². The number of anilines is 1. The van der Waals surface area contributed by atoms with Crippen LogP contribution in [0.2, 0.25) is 0 Å². The number of imidazole rings is 1. The third-order valence-electron chi connectivity index (χ3n) is 3.72. The molecular formula is C13H15N5O4. The summed E-state index contributed by atoms with van der Waals surface area (Å²) < 4.78 is 6.92. The van der Waals surface area contributed by atoms with E-state index in [9.17, 15) is 15.3 Å². The molecule has 1 saturated heterocycles. The Bertz CT molecular complexity index is 754. The first-order valence-electron chi connectivity index (χ1n) is 6.55. The summed E-state index contributed by atoms with van der Waals surface area (Å²) in [6.45, 7) is 1.43. The summed E-state index contributed by atoms with van der Waals surface area (Å²) in [5.41, 5.74) is 4.23. The maximum absolute atomic E-state index is 10.6. The topological polar surface area (TPSA) is 140 Å². The van der Waals surface area contributed by atoms with Gasteiger partial charge in [-0.1, -0.05) is 5.92 Å². The van der Waals surface area contributed by atoms with Crippen LogP contribution in [0.4, 0.5) is 5.95 Å². The number of nitrogens with zero attached hydrogens (tertiary/aromatic N) is 4. The molecule has 5 N–H and O–H groups in total. The Hall–Kier alpha value is -2.25. The molecule has 2 aromatic heterocycles. The lowest BCUT2D eigenvalue weighted by Gasteiger charge is -2.26. The molecule has 0 radical (unpaired) electrons. The molecule has 22 heavy (non-hydrogen) atoms. The lowest BCUT2D eigenvalue weighted by Crippen LogP contribution is -2.47. The van der Waals surface area contributed by atoms with Crippen LogP contribution in [0.3, 0.4) is 0 Å². The SMILES string of the molecule is C#CC1(O)[C@@H](O)[C@@H]([C@@H](C)O)O[C@H]1n1cnc2cnc(N)nc21. The van der Waals surface area contributed by atoms with Gasteiger partial charge in [0.1, 0.15) is 17.7 Å². The maximum Gasteiger partial charge on any atom is 0.222 e. The van der Waals surface area contributed by atoms with Crippen molar-refractivity contribution in [3.05, 3.63) is 12.5 Å². The van der Waals surface area contributed by atoms with Crippen LogP contribution in [0.25, 0.3) is 11.2 Å². The van der Waals surface area contributed by atoms with E-state index in [2.05, 4.69) is 20.9 Å². The van der Waals surface area contributed by atoms with Gasteiger partial charge in [-0.2, -0.15) is 4.98 Å². The number of aliphatic hydroxyl groups excluding tert-OH is 2. The Morgan fingerprint density at radius 1 is 1.55 bits per heavy atom. The molecule has 0 amide bonds. The lowest BCUT2D eigenvalue weighted by atomic mass is 9.93. The molecule has 0 saturated carbocycles. The summed E-state index contributed by atoms with van der Waals surface area (Å²) in [5.74, 6) is 2.16. The number of nitrogen functional groups attached to an aromatic ring is 1. The van der Waals surface area contributed by atoms with Crippen LogP contribution < -0.4 is 5.73 Å². The van der Waals surface area contributed by atoms with Gasteiger partial charge >= 0.3 is 0 Å². The number of fused-ring (bicyclic) bond motifs is 1. The quantitative estimate of drug-likeness (QED) is 0.487. The van der Waals surface area contributed by atoms with Gasteiger partial charge < -0.3 is 25.8 Å². The predicted molar refractivity (Wildman–Crippen MR) is 75.1 cm³/mol. The summed E-state index contributed by atoms with van der Waals surface area (Å²) >= 11 is 0. The third-order valence-corrected chi connectivity index (χ3v) is 3.72. The van der Waals surface area contributed by atoms with Gasteiger partial charge in [0.2, 0.25) is 5.95 Å². The molecule has 3 heterocycles. The Labute approximate surface area is 125 Å². The number of ether oxygens (including phenoxy) is 1. The molecule has 1 unspecified atom stereocenters. The Morgan fingerprint density at radius 2 is 2.27 bits per heavy atom. The number of aromatic nitrogens is 4. The predicted octanol–water partition coefficient (Wildman–Crippen LogP) is -1.59. The third kappa shape index (κ3) is 1.93. The van der Waals surface area contributed by atoms with E-state index in [1.807, 2.05) is 0 Å². The highest BCUT2D eigenvalue weighted by molar-refractivity contribution is 5.70. The van der Waals surface area contributed by atoms with Gasteiger partial charge in [-0.25, -0.2) is 9.97 Å². The van der Waals surface area contributed by atoms with Crippen molar-refractivity contribution in [2.24, 2.45) is 0 Å². The fourth-order valence-corrected chi connectivity index (χ4v) is 2.55. The van der Waals surface area contributed by atoms with Crippen molar-refractivity contribution in [1.29, 1.82) is 0 Å². The molecule has 1 fully saturated rings. The van der Waals surface area contributed by atoms with Crippen LogP contribution in [-0.2, 0) is 4.74 Å². The highest BCUT2D eigenvalue weighted by atomic mass is 16.6. The standard InChI is InChI=1S/C13H15N5O4/c1-3-13(21)9(20)8(6(2)19)22-11(13)18-5-16-7-4-15-12(14)17-10(7)18/h1,4-6,8-9,11,19-21H,2H3,(H2,14,15,17)/t6-,8-,9+,11-,13?/m1/s1. The van der Waals surface area contributed by atoms with Gasteiger partial charge in [-0.3, -0.25) is 4.57 Å². The minimum atomic E-state index is -2.05. The van der Waals surface area contributed by atoms with E-state index in [1.54, 1.807) is 0 Å². The molecule has 9 heteroatoms. The largest absolute Gasteiger partial charge is 0.391 e. The van der Waals surface area contributed by atoms with Gasteiger partial charge in [-0.05, 0) is 6.92 Å². The molecule has 1 aliphatic rings. The molecular weight excluding hydrogens is 290 g/mol. The summed E-state index contributed by atoms with van der Waals surface area (Å²) in [5, 5.41) is 30.5. The van der Waals surface area contributed by atoms with E-state index in [0.29, 0.717) is 11.2 Å². The van der Waals surface area contributed by atoms with E-state index in [0.717, 1.165) is 0 Å². The van der Waals surface area contributed by atoms with Gasteiger partial charge in [0.05, 0.1) is 18.6 Å². The summed E-state index contributed by atoms with van der Waals surface area (Å²) in [4.78, 5) is 11.9. The molecule has 0 spiro atoms. The Morgan fingerprint density at radius 3 is 2.91 bits per heavy atom. The molecule has 0 bridgehead atoms. The van der Waals surface area contributed by atoms with Crippen molar-refractivity contribution in [1.82, 2.24) is 19.5 Å². The normalized spacial score (nSPS) is 33.0. The molecule has 5 atom stereocenters. The molecule has 9 nitrogen and oxygen atoms in total. The van der Waals surface area contributed by atoms with Crippen LogP contribution in [0, 0.1) is 12.3 Å². The number of hydrogen-bond donors (Lipinski definition) is 4. The van der Waals surface area contributed by atoms with Gasteiger partial charge in [0, 0.05) is 0 Å². The molecule has 2 aromatic rings. The van der Waals surface area contributed by atoms with Crippen molar-refractivity contribution in [3.63, 3.8) is 0 Å². The zero-order chi connectivity index (χ0) is 16.1. The number of rotatable bonds is 2. The molecule has 116 valence electrons. The number of hydrogen-bond acceptors (Lipinski definition) is 8. The summed E-state index contributed by atoms with van der Waals surface area (Å²) in [6.07, 6.45) is 3.41. The second-order valence-corrected chi connectivity index (χ2v) is 5.20. The maximum atomic E-state index is 10.6. The number of nitrogens with two attached hydrogens (primary N) is 1. The molecule has 0 aliphatic carbocycles. The molecule has 1 aliphatic heterocycles. The van der Waals surface area contributed by atoms with Crippen molar-refractivity contribution >= 4 is 17.1 Å². The van der Waals surface area contributed by atoms with E-state index < -0.39 is 30.1 Å². The zero-order valence-electron chi connectivity index (χ0n) is 11.7. The number of terminal acetylenes is 1. The minimum Gasteiger partial charge on any atom is -0.391 e. The van der Waals surface area contributed by atoms with E-state index in [1.165, 1.54) is 24.0 Å². The fourth-order valence-electron chi connectivity index (χ4n) is 2.55.